The first-order valence-corrected chi connectivity index (χ1v) is 4.91. The van der Waals surface area contributed by atoms with Crippen LogP contribution in [0, 0.1) is 0 Å². The fourth-order valence-electron chi connectivity index (χ4n) is 0.814. The van der Waals surface area contributed by atoms with E-state index in [4.69, 9.17) is 21.1 Å². The highest BCUT2D eigenvalue weighted by Gasteiger charge is 1.92. The Morgan fingerprint density at radius 1 is 1.15 bits per heavy atom. The lowest BCUT2D eigenvalue weighted by molar-refractivity contribution is 0.136. The van der Waals surface area contributed by atoms with Crippen molar-refractivity contribution < 1.29 is 9.47 Å². The third-order valence-corrected chi connectivity index (χ3v) is 1.84. The van der Waals surface area contributed by atoms with Crippen LogP contribution in [0.25, 0.3) is 0 Å². The Labute approximate surface area is 88.2 Å². The van der Waals surface area contributed by atoms with Gasteiger partial charge in [0, 0.05) is 5.02 Å². The quantitative estimate of drug-likeness (QED) is 0.465. The zero-order valence-electron chi connectivity index (χ0n) is 7.07. The average molecular weight is 219 g/mol. The molecule has 0 spiro atoms. The van der Waals surface area contributed by atoms with Crippen LogP contribution in [-0.4, -0.2) is 19.2 Å². The van der Waals surface area contributed by atoms with Gasteiger partial charge in [0.25, 0.3) is 0 Å². The van der Waals surface area contributed by atoms with Crippen molar-refractivity contribution in [2.75, 3.05) is 19.2 Å². The molecule has 0 aliphatic carbocycles. The molecular weight excluding hydrogens is 208 g/mol. The summed E-state index contributed by atoms with van der Waals surface area (Å²) in [7, 11) is 0. The lowest BCUT2D eigenvalue weighted by Gasteiger charge is -2.05. The number of hydrogen-bond acceptors (Lipinski definition) is 3. The van der Waals surface area contributed by atoms with Crippen LogP contribution in [0.4, 0.5) is 0 Å². The molecule has 2 nitrogen and oxygen atoms in total. The number of halogens is 1. The highest BCUT2D eigenvalue weighted by molar-refractivity contribution is 7.80. The molecule has 0 heterocycles. The molecule has 0 atom stereocenters. The summed E-state index contributed by atoms with van der Waals surface area (Å²) in [6.07, 6.45) is 0. The van der Waals surface area contributed by atoms with E-state index >= 15 is 0 Å². The molecule has 1 aromatic carbocycles. The van der Waals surface area contributed by atoms with Crippen LogP contribution in [0.3, 0.4) is 0 Å². The van der Waals surface area contributed by atoms with E-state index in [0.717, 1.165) is 5.75 Å². The molecule has 1 rings (SSSR count). The minimum absolute atomic E-state index is 0.421. The van der Waals surface area contributed by atoms with Crippen molar-refractivity contribution in [3.05, 3.63) is 29.3 Å². The smallest absolute Gasteiger partial charge is 0.119 e. The molecule has 13 heavy (non-hydrogen) atoms. The van der Waals surface area contributed by atoms with Crippen molar-refractivity contribution in [1.82, 2.24) is 0 Å². The highest BCUT2D eigenvalue weighted by Crippen LogP contribution is 2.15. The fourth-order valence-corrected chi connectivity index (χ4v) is 1.07. The van der Waals surface area contributed by atoms with Crippen LogP contribution in [0.1, 0.15) is 0 Å². The first-order chi connectivity index (χ1) is 6.33. The third-order valence-electron chi connectivity index (χ3n) is 1.40. The van der Waals surface area contributed by atoms with E-state index in [1.807, 2.05) is 12.1 Å². The summed E-state index contributed by atoms with van der Waals surface area (Å²) in [5.41, 5.74) is 0. The van der Waals surface area contributed by atoms with E-state index in [-0.39, 0.29) is 0 Å². The Morgan fingerprint density at radius 2 is 1.85 bits per heavy atom. The van der Waals surface area contributed by atoms with E-state index in [2.05, 4.69) is 12.6 Å². The van der Waals surface area contributed by atoms with Crippen molar-refractivity contribution in [3.8, 4) is 5.75 Å². The molecule has 0 N–H and O–H groups in total. The summed E-state index contributed by atoms with van der Waals surface area (Å²) >= 11 is 9.60. The zero-order valence-corrected chi connectivity index (χ0v) is 8.72. The van der Waals surface area contributed by atoms with E-state index in [1.54, 1.807) is 12.1 Å². The topological polar surface area (TPSA) is 18.5 Å². The van der Waals surface area contributed by atoms with Gasteiger partial charge in [0.2, 0.25) is 0 Å². The number of ether oxygens (including phenoxy) is 2. The minimum Gasteiger partial charge on any atom is -0.491 e. The second-order valence-electron chi connectivity index (χ2n) is 2.34. The SMILES string of the molecule is SCOCCOc1ccc(Cl)cc1. The summed E-state index contributed by atoms with van der Waals surface area (Å²) in [5.74, 6) is 1.22. The van der Waals surface area contributed by atoms with Gasteiger partial charge in [-0.1, -0.05) is 11.6 Å². The predicted molar refractivity (Wildman–Crippen MR) is 56.8 cm³/mol. The van der Waals surface area contributed by atoms with Gasteiger partial charge in [0.05, 0.1) is 12.5 Å². The van der Waals surface area contributed by atoms with Crippen LogP contribution < -0.4 is 4.74 Å². The zero-order chi connectivity index (χ0) is 9.52. The Balaban J connectivity index is 2.25. The average Bonchev–Trinajstić information content (AvgIpc) is 2.15. The summed E-state index contributed by atoms with van der Waals surface area (Å²) in [5, 5.41) is 0.707. The van der Waals surface area contributed by atoms with Crippen LogP contribution in [0.2, 0.25) is 5.02 Å². The Bertz CT molecular complexity index is 238. The normalized spacial score (nSPS) is 10.0. The highest BCUT2D eigenvalue weighted by atomic mass is 35.5. The minimum atomic E-state index is 0.421. The molecule has 4 heteroatoms. The Morgan fingerprint density at radius 3 is 2.46 bits per heavy atom. The fraction of sp³-hybridized carbons (Fsp3) is 0.333. The lowest BCUT2D eigenvalue weighted by atomic mass is 10.3. The van der Waals surface area contributed by atoms with Gasteiger partial charge in [-0.15, -0.1) is 0 Å². The van der Waals surface area contributed by atoms with Crippen LogP contribution in [-0.2, 0) is 4.74 Å². The summed E-state index contributed by atoms with van der Waals surface area (Å²) in [6.45, 7) is 1.08. The van der Waals surface area contributed by atoms with E-state index < -0.39 is 0 Å². The maximum Gasteiger partial charge on any atom is 0.119 e. The van der Waals surface area contributed by atoms with Gasteiger partial charge in [-0.3, -0.25) is 0 Å². The third kappa shape index (κ3) is 4.41. The van der Waals surface area contributed by atoms with Gasteiger partial charge in [-0.2, -0.15) is 12.6 Å². The second kappa shape index (κ2) is 6.13. The molecule has 1 aromatic rings. The van der Waals surface area contributed by atoms with Gasteiger partial charge in [-0.25, -0.2) is 0 Å². The predicted octanol–water partition coefficient (Wildman–Crippen LogP) is 2.62. The summed E-state index contributed by atoms with van der Waals surface area (Å²) in [4.78, 5) is 0. The van der Waals surface area contributed by atoms with Crippen molar-refractivity contribution in [2.45, 2.75) is 0 Å². The number of hydrogen-bond donors (Lipinski definition) is 1. The molecule has 0 unspecified atom stereocenters. The maximum absolute atomic E-state index is 5.71. The molecule has 0 amide bonds. The molecule has 0 bridgehead atoms. The van der Waals surface area contributed by atoms with Gasteiger partial charge >= 0.3 is 0 Å². The standard InChI is InChI=1S/C9H11ClO2S/c10-8-1-3-9(4-2-8)12-6-5-11-7-13/h1-4,13H,5-7H2. The van der Waals surface area contributed by atoms with E-state index in [1.165, 1.54) is 0 Å². The maximum atomic E-state index is 5.71. The number of benzene rings is 1. The summed E-state index contributed by atoms with van der Waals surface area (Å²) in [6, 6.07) is 7.22. The molecule has 72 valence electrons. The van der Waals surface area contributed by atoms with Crippen molar-refractivity contribution in [2.24, 2.45) is 0 Å². The Kier molecular flexibility index (Phi) is 5.05. The number of thiol groups is 1. The van der Waals surface area contributed by atoms with E-state index in [0.29, 0.717) is 24.2 Å². The van der Waals surface area contributed by atoms with Crippen molar-refractivity contribution in [3.63, 3.8) is 0 Å². The first-order valence-electron chi connectivity index (χ1n) is 3.90. The van der Waals surface area contributed by atoms with E-state index in [9.17, 15) is 0 Å². The molecule has 0 saturated heterocycles. The molecule has 0 saturated carbocycles. The lowest BCUT2D eigenvalue weighted by Crippen LogP contribution is -2.05. The molecule has 0 aliphatic rings. The van der Waals surface area contributed by atoms with Crippen LogP contribution >= 0.6 is 24.2 Å². The summed E-state index contributed by atoms with van der Waals surface area (Å²) < 4.78 is 10.3. The molecule has 0 radical (unpaired) electrons. The number of rotatable bonds is 5. The van der Waals surface area contributed by atoms with Crippen molar-refractivity contribution in [1.29, 1.82) is 0 Å². The van der Waals surface area contributed by atoms with Gasteiger partial charge < -0.3 is 9.47 Å². The monoisotopic (exact) mass is 218 g/mol. The first kappa shape index (κ1) is 10.7. The largest absolute Gasteiger partial charge is 0.491 e. The van der Waals surface area contributed by atoms with Gasteiger partial charge in [-0.05, 0) is 24.3 Å². The molecular formula is C9H11ClO2S. The van der Waals surface area contributed by atoms with Crippen LogP contribution in [0.15, 0.2) is 24.3 Å². The molecule has 0 aliphatic heterocycles. The Hall–Kier alpha value is -0.380. The van der Waals surface area contributed by atoms with Crippen molar-refractivity contribution >= 4 is 24.2 Å². The van der Waals surface area contributed by atoms with Gasteiger partial charge in [0.15, 0.2) is 0 Å². The molecule has 0 aromatic heterocycles. The van der Waals surface area contributed by atoms with Gasteiger partial charge in [0.1, 0.15) is 12.4 Å². The second-order valence-corrected chi connectivity index (χ2v) is 3.03. The molecule has 0 fully saturated rings. The van der Waals surface area contributed by atoms with Crippen LogP contribution in [0.5, 0.6) is 5.75 Å².